The average Bonchev–Trinajstić information content (AvgIpc) is 3.81. The zero-order chi connectivity index (χ0) is 48.7. The topological polar surface area (TPSA) is 174 Å². The van der Waals surface area contributed by atoms with Crippen LogP contribution in [0, 0.1) is 11.7 Å². The molecule has 0 saturated carbocycles. The number of nitrogens with one attached hydrogen (secondary N) is 4. The summed E-state index contributed by atoms with van der Waals surface area (Å²) in [6.07, 6.45) is 2.68. The highest BCUT2D eigenvalue weighted by molar-refractivity contribution is 6.04. The van der Waals surface area contributed by atoms with Crippen molar-refractivity contribution in [2.45, 2.75) is 63.3 Å². The van der Waals surface area contributed by atoms with Crippen LogP contribution in [0.2, 0.25) is 0 Å². The summed E-state index contributed by atoms with van der Waals surface area (Å²) >= 11 is 0. The first-order valence-electron chi connectivity index (χ1n) is 23.1. The highest BCUT2D eigenvalue weighted by Crippen LogP contribution is 2.31. The lowest BCUT2D eigenvalue weighted by atomic mass is 9.96. The number of halogens is 4. The number of aromatic nitrogens is 3. The van der Waals surface area contributed by atoms with Gasteiger partial charge in [0, 0.05) is 88.0 Å². The summed E-state index contributed by atoms with van der Waals surface area (Å²) < 4.78 is 56.0. The van der Waals surface area contributed by atoms with E-state index in [4.69, 9.17) is 0 Å². The Bertz CT molecular complexity index is 2610. The van der Waals surface area contributed by atoms with Gasteiger partial charge in [0.05, 0.1) is 17.3 Å². The van der Waals surface area contributed by atoms with Gasteiger partial charge in [-0.15, -0.1) is 0 Å². The number of carbonyl (C=O) groups excluding carboxylic acids is 5. The molecule has 3 aliphatic heterocycles. The van der Waals surface area contributed by atoms with Crippen LogP contribution in [0.3, 0.4) is 0 Å². The van der Waals surface area contributed by atoms with Gasteiger partial charge in [0.25, 0.3) is 5.91 Å². The van der Waals surface area contributed by atoms with Crippen LogP contribution in [0.1, 0.15) is 71.6 Å². The summed E-state index contributed by atoms with van der Waals surface area (Å²) in [4.78, 5) is 74.0. The minimum Gasteiger partial charge on any atom is -0.369 e. The van der Waals surface area contributed by atoms with Gasteiger partial charge in [0.2, 0.25) is 23.6 Å². The number of likely N-dealkylation sites (tertiary alicyclic amines) is 1. The number of hydrogen-bond acceptors (Lipinski definition) is 10. The van der Waals surface area contributed by atoms with Crippen molar-refractivity contribution in [3.63, 3.8) is 0 Å². The van der Waals surface area contributed by atoms with Crippen LogP contribution in [0.25, 0.3) is 11.1 Å². The first-order chi connectivity index (χ1) is 33.2. The normalized spacial score (nSPS) is 18.1. The van der Waals surface area contributed by atoms with Gasteiger partial charge in [-0.05, 0) is 84.7 Å². The van der Waals surface area contributed by atoms with E-state index in [1.54, 1.807) is 35.4 Å². The molecule has 2 aromatic heterocycles. The number of alkyl halides is 3. The number of benzene rings is 3. The minimum atomic E-state index is -4.42. The van der Waals surface area contributed by atoms with Gasteiger partial charge in [-0.3, -0.25) is 38.9 Å². The van der Waals surface area contributed by atoms with Gasteiger partial charge in [-0.2, -0.15) is 18.3 Å². The van der Waals surface area contributed by atoms with Crippen molar-refractivity contribution in [3.05, 3.63) is 132 Å². The number of hydrogen-bond donors (Lipinski definition) is 4. The van der Waals surface area contributed by atoms with Crippen molar-refractivity contribution in [1.82, 2.24) is 40.5 Å². The van der Waals surface area contributed by atoms with E-state index >= 15 is 4.39 Å². The third kappa shape index (κ3) is 12.4. The van der Waals surface area contributed by atoms with Gasteiger partial charge in [0.1, 0.15) is 30.3 Å². The van der Waals surface area contributed by atoms with Crippen LogP contribution in [0.4, 0.5) is 29.1 Å². The van der Waals surface area contributed by atoms with Crippen LogP contribution in [-0.2, 0) is 31.9 Å². The molecule has 0 spiro atoms. The molecule has 3 aromatic carbocycles. The van der Waals surface area contributed by atoms with E-state index in [0.717, 1.165) is 55.7 Å². The lowest BCUT2D eigenvalue weighted by molar-refractivity contribution is -0.138. The SMILES string of the molecule is C[C@H](CN[C@@H](C(=O)Nc1ccc(-c2cnn(CC(=O)N3CCC(CN4CCN(c5ccc(C(=O)NC6CCC(=O)NC6=O)c(F)c5)CC4)CC3)c2)cn1)c1ccccc1)c1ccc(C(F)(F)F)cc1. The number of carbonyl (C=O) groups is 5. The van der Waals surface area contributed by atoms with Crippen molar-refractivity contribution in [2.24, 2.45) is 5.92 Å². The van der Waals surface area contributed by atoms with Gasteiger partial charge in [0.15, 0.2) is 0 Å². The molecule has 5 aromatic rings. The molecule has 0 aliphatic carbocycles. The molecule has 19 heteroatoms. The molecule has 1 unspecified atom stereocenters. The fourth-order valence-electron chi connectivity index (χ4n) is 8.97. The van der Waals surface area contributed by atoms with Crippen LogP contribution in [-0.4, -0.2) is 113 Å². The van der Waals surface area contributed by atoms with Crippen LogP contribution in [0.15, 0.2) is 104 Å². The van der Waals surface area contributed by atoms with Gasteiger partial charge >= 0.3 is 6.18 Å². The fourth-order valence-corrected chi connectivity index (χ4v) is 8.97. The van der Waals surface area contributed by atoms with Crippen LogP contribution >= 0.6 is 0 Å². The number of piperazine rings is 1. The van der Waals surface area contributed by atoms with E-state index in [0.29, 0.717) is 61.3 Å². The molecule has 362 valence electrons. The maximum absolute atomic E-state index is 15.1. The molecule has 4 N–H and O–H groups in total. The Balaban J connectivity index is 0.762. The van der Waals surface area contributed by atoms with Crippen molar-refractivity contribution >= 4 is 41.0 Å². The number of anilines is 2. The lowest BCUT2D eigenvalue weighted by Gasteiger charge is -2.39. The molecule has 0 bridgehead atoms. The maximum atomic E-state index is 15.1. The number of pyridine rings is 1. The van der Waals surface area contributed by atoms with E-state index in [1.807, 2.05) is 48.2 Å². The second-order valence-electron chi connectivity index (χ2n) is 17.9. The molecule has 3 aliphatic rings. The number of imide groups is 1. The fraction of sp³-hybridized carbons (Fsp3) is 0.380. The van der Waals surface area contributed by atoms with Crippen molar-refractivity contribution < 1.29 is 41.5 Å². The third-order valence-corrected chi connectivity index (χ3v) is 13.1. The Morgan fingerprint density at radius 3 is 2.25 bits per heavy atom. The highest BCUT2D eigenvalue weighted by Gasteiger charge is 2.32. The van der Waals surface area contributed by atoms with E-state index in [-0.39, 0.29) is 42.7 Å². The number of rotatable bonds is 15. The molecule has 8 rings (SSSR count). The first kappa shape index (κ1) is 48.5. The first-order valence-corrected chi connectivity index (χ1v) is 23.1. The Hall–Kier alpha value is -6.99. The smallest absolute Gasteiger partial charge is 0.369 e. The summed E-state index contributed by atoms with van der Waals surface area (Å²) in [5, 5.41) is 15.3. The molecular formula is C50H54F4N10O5. The van der Waals surface area contributed by atoms with Crippen LogP contribution in [0.5, 0.6) is 0 Å². The molecular weight excluding hydrogens is 897 g/mol. The maximum Gasteiger partial charge on any atom is 0.416 e. The minimum absolute atomic E-state index is 0.0186. The van der Waals surface area contributed by atoms with E-state index in [2.05, 4.69) is 41.1 Å². The second-order valence-corrected chi connectivity index (χ2v) is 17.9. The standard InChI is InChI=1S/C50H54F4N10O5/c1-32(34-7-10-38(11-8-34)50(52,53)54)26-56-46(35-5-3-2-4-6-35)49(69)59-43-15-9-36(27-55-43)37-28-57-64(30-37)31-45(66)63-19-17-33(18-20-63)29-61-21-23-62(24-22-61)39-12-13-40(41(51)25-39)47(67)58-42-14-16-44(65)60-48(42)68/h2-13,15,25,27-28,30,32-33,42,46,56H,14,16-24,26,29,31H2,1H3,(H,58,67)(H,55,59,69)(H,60,65,68)/t32-,42?,46-/m1/s1. The molecule has 69 heavy (non-hydrogen) atoms. The number of nitrogens with zero attached hydrogens (tertiary/aromatic N) is 6. The monoisotopic (exact) mass is 950 g/mol. The quantitative estimate of drug-likeness (QED) is 0.0746. The molecule has 15 nitrogen and oxygen atoms in total. The van der Waals surface area contributed by atoms with E-state index < -0.39 is 47.4 Å². The average molecular weight is 951 g/mol. The Labute approximate surface area is 396 Å². The van der Waals surface area contributed by atoms with Gasteiger partial charge in [-0.25, -0.2) is 9.37 Å². The van der Waals surface area contributed by atoms with Crippen molar-refractivity contribution in [3.8, 4) is 11.1 Å². The predicted octanol–water partition coefficient (Wildman–Crippen LogP) is 5.77. The van der Waals surface area contributed by atoms with E-state index in [9.17, 15) is 37.1 Å². The predicted molar refractivity (Wildman–Crippen MR) is 249 cm³/mol. The van der Waals surface area contributed by atoms with Gasteiger partial charge in [-0.1, -0.05) is 49.4 Å². The Kier molecular flexibility index (Phi) is 15.1. The van der Waals surface area contributed by atoms with Gasteiger partial charge < -0.3 is 25.8 Å². The van der Waals surface area contributed by atoms with Crippen molar-refractivity contribution in [1.29, 1.82) is 0 Å². The summed E-state index contributed by atoms with van der Waals surface area (Å²) in [7, 11) is 0. The molecule has 0 radical (unpaired) electrons. The summed E-state index contributed by atoms with van der Waals surface area (Å²) in [6, 6.07) is 20.5. The molecule has 5 heterocycles. The zero-order valence-electron chi connectivity index (χ0n) is 38.1. The molecule has 3 fully saturated rings. The van der Waals surface area contributed by atoms with Crippen molar-refractivity contribution in [2.75, 3.05) is 62.6 Å². The zero-order valence-corrected chi connectivity index (χ0v) is 38.1. The number of piperidine rings is 2. The molecule has 5 amide bonds. The number of amides is 5. The third-order valence-electron chi connectivity index (χ3n) is 13.1. The lowest BCUT2D eigenvalue weighted by Crippen LogP contribution is -2.52. The Morgan fingerprint density at radius 1 is 0.841 bits per heavy atom. The summed E-state index contributed by atoms with van der Waals surface area (Å²) in [6.45, 7) is 7.45. The molecule has 3 atom stereocenters. The van der Waals surface area contributed by atoms with E-state index in [1.165, 1.54) is 24.3 Å². The largest absolute Gasteiger partial charge is 0.416 e. The van der Waals surface area contributed by atoms with Crippen LogP contribution < -0.4 is 26.2 Å². The summed E-state index contributed by atoms with van der Waals surface area (Å²) in [5.74, 6) is -2.18. The Morgan fingerprint density at radius 2 is 1.58 bits per heavy atom. The second kappa shape index (κ2) is 21.5. The highest BCUT2D eigenvalue weighted by atomic mass is 19.4. The summed E-state index contributed by atoms with van der Waals surface area (Å²) in [5.41, 5.74) is 2.72. The molecule has 3 saturated heterocycles.